The van der Waals surface area contributed by atoms with Gasteiger partial charge in [0.2, 0.25) is 47.3 Å². The van der Waals surface area contributed by atoms with Crippen LogP contribution in [0.5, 0.6) is 5.75 Å². The standard InChI is InChI=1S/C64H89N13O18S2.Cu/c1-37(79)49(34-78)71-62(92)51-36-97-96-35-50(72-58(88)46(28-39-10-4-3-5-11-39)67-53(82)20-19-52(64(94)95)77-26-24-75(32-54(83)84)22-23-76(25-27-77)33-55(85)86)61(91)69-47(29-40-15-17-42(81)18-16-40)59(89)70-48(30-41-31-66-44-13-7-6-12-43(41)44)60(90)68-45(14-8-9-21-65)57(87)74-56(38(2)80)63(93)73-51;/h3-7,10-13,15-18,31,37-38,45-52,56,66,78-81H,8-9,14,19-30,32-36,65H2,1-2H3,(H,67,82)(H,68,90)(H,69,91)(H,70,89)(H,71,92)(H,72,88)(H,73,93)(H,74,87)(H,83,84)(H,85,86)(H,94,95);/t37-,38-,45+,46-,47+,48-,49-,50+,51+,52-,56+;/m1./s1/i;1-3. The second-order valence-corrected chi connectivity index (χ2v) is 26.5. The Balaban J connectivity index is 0.0000173. The summed E-state index contributed by atoms with van der Waals surface area (Å²) in [4.78, 5) is 162. The van der Waals surface area contributed by atoms with Gasteiger partial charge in [0, 0.05) is 111 Å². The summed E-state index contributed by atoms with van der Waals surface area (Å²) in [5, 5.41) is 93.4. The molecule has 0 spiro atoms. The van der Waals surface area contributed by atoms with Crippen LogP contribution in [0.1, 0.15) is 62.6 Å². The molecule has 4 aromatic rings. The van der Waals surface area contributed by atoms with Crippen molar-refractivity contribution in [3.05, 3.63) is 102 Å². The molecule has 2 saturated heterocycles. The van der Waals surface area contributed by atoms with E-state index in [1.807, 2.05) is 0 Å². The SMILES string of the molecule is C[C@@H](O)[C@@H]1NC(=O)[C@H](CCCCN)NC(=O)[C@@H](Cc2c[nH]c3ccccc23)NC(=O)[C@H](Cc2ccc(O)cc2)NC(=O)[C@@H](NC(=O)[C@@H](Cc2ccccc2)NC(=O)CC[C@H](C(=O)O)N2CCN(CC(=O)O)CCN(CC(=O)O)CC2)CSSC[C@@H](C(=O)N[C@H](CO)[C@@H](C)O)NC1=O.[61Cu]. The van der Waals surface area contributed by atoms with E-state index in [2.05, 4.69) is 47.5 Å². The Bertz CT molecular complexity index is 3290. The third-order valence-electron chi connectivity index (χ3n) is 16.5. The molecule has 0 bridgehead atoms. The van der Waals surface area contributed by atoms with E-state index >= 15 is 14.4 Å². The van der Waals surface area contributed by atoms with Gasteiger partial charge in [0.1, 0.15) is 54.1 Å². The van der Waals surface area contributed by atoms with Crippen molar-refractivity contribution in [2.75, 3.05) is 77.0 Å². The fourth-order valence-corrected chi connectivity index (χ4v) is 13.3. The molecule has 11 atom stereocenters. The summed E-state index contributed by atoms with van der Waals surface area (Å²) in [6.07, 6.45) is -2.16. The Morgan fingerprint density at radius 3 is 1.85 bits per heavy atom. The molecule has 0 saturated carbocycles. The topological polar surface area (TPSA) is 477 Å². The number of aromatic nitrogens is 1. The number of rotatable bonds is 27. The number of hydrogen-bond acceptors (Lipinski definition) is 21. The van der Waals surface area contributed by atoms with Crippen LogP contribution >= 0.6 is 21.6 Å². The normalized spacial score (nSPS) is 21.8. The monoisotopic (exact) mass is 1450 g/mol. The Labute approximate surface area is 584 Å². The molecule has 3 aromatic carbocycles. The number of benzene rings is 3. The number of fused-ring (bicyclic) bond motifs is 1. The third-order valence-corrected chi connectivity index (χ3v) is 18.9. The average molecular weight is 1450 g/mol. The zero-order chi connectivity index (χ0) is 70.7. The van der Waals surface area contributed by atoms with Crippen LogP contribution in [0.3, 0.4) is 0 Å². The van der Waals surface area contributed by atoms with Gasteiger partial charge in [-0.1, -0.05) is 82.3 Å². The molecular weight excluding hydrogens is 1360 g/mol. The number of aliphatic carboxylic acids is 3. The second-order valence-electron chi connectivity index (χ2n) is 23.9. The summed E-state index contributed by atoms with van der Waals surface area (Å²) in [5.74, 6) is -12.0. The van der Waals surface area contributed by atoms with Gasteiger partial charge in [0.15, 0.2) is 0 Å². The number of phenolic OH excluding ortho intramolecular Hbond substituents is 1. The maximum atomic E-state index is 15.2. The molecule has 1 aromatic heterocycles. The molecule has 98 heavy (non-hydrogen) atoms. The Hall–Kier alpha value is -7.89. The van der Waals surface area contributed by atoms with Gasteiger partial charge < -0.3 is 89.0 Å². The fourth-order valence-electron chi connectivity index (χ4n) is 11.0. The summed E-state index contributed by atoms with van der Waals surface area (Å²) < 4.78 is 0. The van der Waals surface area contributed by atoms with Gasteiger partial charge in [0.25, 0.3) is 0 Å². The third kappa shape index (κ3) is 26.1. The number of amides is 8. The van der Waals surface area contributed by atoms with E-state index in [0.717, 1.165) is 21.6 Å². The summed E-state index contributed by atoms with van der Waals surface area (Å²) in [6, 6.07) is 7.66. The molecular formula is C64H89CuN13O18S2. The van der Waals surface area contributed by atoms with Crippen molar-refractivity contribution in [1.82, 2.24) is 62.2 Å². The van der Waals surface area contributed by atoms with Gasteiger partial charge in [-0.15, -0.1) is 0 Å². The van der Waals surface area contributed by atoms with Gasteiger partial charge >= 0.3 is 17.9 Å². The zero-order valence-corrected chi connectivity index (χ0v) is 56.8. The van der Waals surface area contributed by atoms with E-state index in [1.165, 1.54) is 43.0 Å². The number of para-hydroxylation sites is 1. The van der Waals surface area contributed by atoms with Gasteiger partial charge in [-0.2, -0.15) is 0 Å². The van der Waals surface area contributed by atoms with E-state index in [-0.39, 0.29) is 119 Å². The summed E-state index contributed by atoms with van der Waals surface area (Å²) in [6.45, 7) is 1.83. The summed E-state index contributed by atoms with van der Waals surface area (Å²) in [7, 11) is 1.79. The number of unbranched alkanes of at least 4 members (excludes halogenated alkanes) is 1. The molecule has 31 nitrogen and oxygen atoms in total. The largest absolute Gasteiger partial charge is 0.508 e. The molecule has 3 heterocycles. The molecule has 18 N–H and O–H groups in total. The van der Waals surface area contributed by atoms with Gasteiger partial charge in [-0.3, -0.25) is 67.4 Å². The molecule has 34 heteroatoms. The minimum atomic E-state index is -1.77. The first-order chi connectivity index (χ1) is 46.3. The maximum absolute atomic E-state index is 15.2. The maximum Gasteiger partial charge on any atom is 0.320 e. The number of phenols is 1. The first-order valence-electron chi connectivity index (χ1n) is 31.9. The number of aliphatic hydroxyl groups excluding tert-OH is 3. The van der Waals surface area contributed by atoms with E-state index in [9.17, 15) is 74.1 Å². The van der Waals surface area contributed by atoms with Crippen molar-refractivity contribution in [3.8, 4) is 5.75 Å². The fraction of sp³-hybridized carbons (Fsp3) is 0.516. The van der Waals surface area contributed by atoms with E-state index in [4.69, 9.17) is 5.73 Å². The van der Waals surface area contributed by atoms with Crippen LogP contribution in [0.25, 0.3) is 10.9 Å². The van der Waals surface area contributed by atoms with Gasteiger partial charge in [0.05, 0.1) is 37.9 Å². The number of hydrogen-bond donors (Lipinski definition) is 17. The number of nitrogens with one attached hydrogen (secondary N) is 9. The van der Waals surface area contributed by atoms with Crippen molar-refractivity contribution in [1.29, 1.82) is 0 Å². The molecule has 0 aliphatic carbocycles. The van der Waals surface area contributed by atoms with E-state index < -0.39 is 158 Å². The zero-order valence-electron chi connectivity index (χ0n) is 54.2. The van der Waals surface area contributed by atoms with Crippen LogP contribution in [0, 0.1) is 0 Å². The number of carboxylic acid groups (broad SMARTS) is 3. The molecule has 0 unspecified atom stereocenters. The van der Waals surface area contributed by atoms with Gasteiger partial charge in [-0.25, -0.2) is 0 Å². The van der Waals surface area contributed by atoms with Crippen molar-refractivity contribution in [2.24, 2.45) is 5.73 Å². The minimum absolute atomic E-state index is 0. The molecule has 2 aliphatic rings. The number of H-pyrrole nitrogens is 1. The van der Waals surface area contributed by atoms with Crippen LogP contribution in [0.2, 0.25) is 0 Å². The number of aromatic amines is 1. The predicted octanol–water partition coefficient (Wildman–Crippen LogP) is -2.62. The van der Waals surface area contributed by atoms with Crippen molar-refractivity contribution >= 4 is 97.7 Å². The molecule has 2 fully saturated rings. The van der Waals surface area contributed by atoms with Crippen molar-refractivity contribution in [2.45, 2.75) is 132 Å². The minimum Gasteiger partial charge on any atom is -0.508 e. The van der Waals surface area contributed by atoms with Crippen LogP contribution in [-0.2, 0) is 89.1 Å². The molecule has 2 aliphatic heterocycles. The molecule has 1 radical (unpaired) electrons. The summed E-state index contributed by atoms with van der Waals surface area (Å²) in [5.41, 5.74) is 8.00. The van der Waals surface area contributed by atoms with Crippen molar-refractivity contribution < 1.29 is 106 Å². The number of aliphatic hydroxyl groups is 3. The molecule has 6 rings (SSSR count). The smallest absolute Gasteiger partial charge is 0.320 e. The van der Waals surface area contributed by atoms with Crippen LogP contribution < -0.4 is 48.3 Å². The molecule has 541 valence electrons. The van der Waals surface area contributed by atoms with Gasteiger partial charge in [-0.05, 0) is 81.0 Å². The van der Waals surface area contributed by atoms with Crippen molar-refractivity contribution in [3.63, 3.8) is 0 Å². The number of carbonyl (C=O) groups excluding carboxylic acids is 8. The number of carbonyl (C=O) groups is 11. The first kappa shape index (κ1) is 80.8. The predicted molar refractivity (Wildman–Crippen MR) is 358 cm³/mol. The molecule has 8 amide bonds. The summed E-state index contributed by atoms with van der Waals surface area (Å²) >= 11 is 0. The van der Waals surface area contributed by atoms with Crippen LogP contribution in [0.4, 0.5) is 0 Å². The average Bonchev–Trinajstić information content (AvgIpc) is 1.13. The Morgan fingerprint density at radius 1 is 0.663 bits per heavy atom. The quantitative estimate of drug-likeness (QED) is 0.0165. The number of aromatic hydroxyl groups is 1. The first-order valence-corrected chi connectivity index (χ1v) is 34.4. The van der Waals surface area contributed by atoms with E-state index in [1.54, 1.807) is 70.6 Å². The van der Waals surface area contributed by atoms with Crippen LogP contribution in [-0.4, -0.2) is 264 Å². The second kappa shape index (κ2) is 40.9. The Morgan fingerprint density at radius 2 is 1.24 bits per heavy atom. The van der Waals surface area contributed by atoms with E-state index in [0.29, 0.717) is 34.0 Å². The Kier molecular flexibility index (Phi) is 33.7. The number of nitrogens with two attached hydrogens (primary N) is 1. The number of carboxylic acids is 3. The number of nitrogens with zero attached hydrogens (tertiary/aromatic N) is 3. The van der Waals surface area contributed by atoms with Crippen LogP contribution in [0.15, 0.2) is 85.1 Å².